The summed E-state index contributed by atoms with van der Waals surface area (Å²) < 4.78 is 19.3. The third kappa shape index (κ3) is 4.31. The van der Waals surface area contributed by atoms with Gasteiger partial charge in [0.25, 0.3) is 5.91 Å². The maximum Gasteiger partial charge on any atom is 0.254 e. The first-order chi connectivity index (χ1) is 14.5. The number of piperazine rings is 1. The summed E-state index contributed by atoms with van der Waals surface area (Å²) in [6.45, 7) is 5.13. The zero-order valence-corrected chi connectivity index (χ0v) is 17.1. The van der Waals surface area contributed by atoms with Gasteiger partial charge in [-0.15, -0.1) is 0 Å². The maximum atomic E-state index is 14.0. The minimum atomic E-state index is -0.246. The molecule has 6 nitrogen and oxygen atoms in total. The lowest BCUT2D eigenvalue weighted by Gasteiger charge is -2.36. The number of carbonyl (C=O) groups is 2. The molecule has 0 bridgehead atoms. The average Bonchev–Trinajstić information content (AvgIpc) is 3.30. The normalized spacial score (nSPS) is 19.1. The number of nitrogens with one attached hydrogen (secondary N) is 1. The van der Waals surface area contributed by atoms with Crippen LogP contribution in [-0.2, 0) is 9.53 Å². The summed E-state index contributed by atoms with van der Waals surface area (Å²) in [7, 11) is 0. The molecule has 2 saturated heterocycles. The summed E-state index contributed by atoms with van der Waals surface area (Å²) in [6, 6.07) is 12.1. The Labute approximate surface area is 175 Å². The SMILES string of the molecule is Cc1ccc(C(=O)N2CCN(c3ccccc3F)CC2)cc1NC(=O)C1CCOC1. The van der Waals surface area contributed by atoms with Crippen molar-refractivity contribution in [2.75, 3.05) is 49.6 Å². The largest absolute Gasteiger partial charge is 0.381 e. The van der Waals surface area contributed by atoms with E-state index < -0.39 is 0 Å². The second kappa shape index (κ2) is 8.83. The first-order valence-corrected chi connectivity index (χ1v) is 10.3. The molecule has 0 aromatic heterocycles. The molecule has 7 heteroatoms. The van der Waals surface area contributed by atoms with Crippen LogP contribution in [-0.4, -0.2) is 56.1 Å². The summed E-state index contributed by atoms with van der Waals surface area (Å²) in [5, 5.41) is 2.95. The van der Waals surface area contributed by atoms with Gasteiger partial charge in [0.2, 0.25) is 5.91 Å². The number of nitrogens with zero attached hydrogens (tertiary/aromatic N) is 2. The smallest absolute Gasteiger partial charge is 0.254 e. The van der Waals surface area contributed by atoms with Gasteiger partial charge in [-0.2, -0.15) is 0 Å². The minimum absolute atomic E-state index is 0.0706. The maximum absolute atomic E-state index is 14.0. The number of hydrogen-bond donors (Lipinski definition) is 1. The highest BCUT2D eigenvalue weighted by atomic mass is 19.1. The number of aryl methyl sites for hydroxylation is 1. The standard InChI is InChI=1S/C23H26FN3O3/c1-16-6-7-17(14-20(16)25-22(28)18-8-13-30-15-18)23(29)27-11-9-26(10-12-27)21-5-3-2-4-19(21)24/h2-7,14,18H,8-13,15H2,1H3,(H,25,28). The van der Waals surface area contributed by atoms with Gasteiger partial charge in [0, 0.05) is 44.0 Å². The van der Waals surface area contributed by atoms with Crippen LogP contribution in [0, 0.1) is 18.7 Å². The number of ether oxygens (including phenoxy) is 1. The molecule has 2 aliphatic rings. The van der Waals surface area contributed by atoms with Crippen molar-refractivity contribution in [2.24, 2.45) is 5.92 Å². The predicted octanol–water partition coefficient (Wildman–Crippen LogP) is 3.07. The Morgan fingerprint density at radius 3 is 2.57 bits per heavy atom. The van der Waals surface area contributed by atoms with Gasteiger partial charge in [-0.05, 0) is 43.2 Å². The van der Waals surface area contributed by atoms with E-state index in [9.17, 15) is 14.0 Å². The van der Waals surface area contributed by atoms with Crippen LogP contribution in [0.5, 0.6) is 0 Å². The number of anilines is 2. The van der Waals surface area contributed by atoms with Gasteiger partial charge in [-0.25, -0.2) is 4.39 Å². The van der Waals surface area contributed by atoms with E-state index in [0.29, 0.717) is 56.3 Å². The highest BCUT2D eigenvalue weighted by molar-refractivity contribution is 5.98. The molecule has 2 aromatic rings. The zero-order valence-electron chi connectivity index (χ0n) is 17.1. The number of carbonyl (C=O) groups excluding carboxylic acids is 2. The predicted molar refractivity (Wildman–Crippen MR) is 113 cm³/mol. The Kier molecular flexibility index (Phi) is 5.99. The van der Waals surface area contributed by atoms with Gasteiger partial charge >= 0.3 is 0 Å². The number of benzene rings is 2. The summed E-state index contributed by atoms with van der Waals surface area (Å²) in [6.07, 6.45) is 0.718. The molecule has 2 aromatic carbocycles. The van der Waals surface area contributed by atoms with Crippen LogP contribution in [0.3, 0.4) is 0 Å². The van der Waals surface area contributed by atoms with Gasteiger partial charge in [0.15, 0.2) is 0 Å². The van der Waals surface area contributed by atoms with E-state index in [1.807, 2.05) is 24.0 Å². The van der Waals surface area contributed by atoms with E-state index in [1.165, 1.54) is 6.07 Å². The average molecular weight is 411 g/mol. The fourth-order valence-electron chi connectivity index (χ4n) is 3.91. The fraction of sp³-hybridized carbons (Fsp3) is 0.391. The van der Waals surface area contributed by atoms with Crippen molar-refractivity contribution >= 4 is 23.2 Å². The van der Waals surface area contributed by atoms with Crippen molar-refractivity contribution in [1.82, 2.24) is 4.90 Å². The minimum Gasteiger partial charge on any atom is -0.381 e. The van der Waals surface area contributed by atoms with E-state index in [1.54, 1.807) is 29.2 Å². The molecule has 0 saturated carbocycles. The molecule has 2 fully saturated rings. The van der Waals surface area contributed by atoms with Crippen molar-refractivity contribution in [2.45, 2.75) is 13.3 Å². The first kappa shape index (κ1) is 20.3. The Hall–Kier alpha value is -2.93. The van der Waals surface area contributed by atoms with Gasteiger partial charge in [0.05, 0.1) is 18.2 Å². The molecular weight excluding hydrogens is 385 g/mol. The lowest BCUT2D eigenvalue weighted by atomic mass is 10.1. The lowest BCUT2D eigenvalue weighted by Crippen LogP contribution is -2.49. The monoisotopic (exact) mass is 411 g/mol. The van der Waals surface area contributed by atoms with Gasteiger partial charge < -0.3 is 19.9 Å². The molecule has 2 amide bonds. The van der Waals surface area contributed by atoms with E-state index in [0.717, 1.165) is 12.0 Å². The van der Waals surface area contributed by atoms with Gasteiger partial charge in [-0.3, -0.25) is 9.59 Å². The third-order valence-corrected chi connectivity index (χ3v) is 5.80. The Morgan fingerprint density at radius 2 is 1.87 bits per heavy atom. The molecule has 1 unspecified atom stereocenters. The highest BCUT2D eigenvalue weighted by Crippen LogP contribution is 2.23. The van der Waals surface area contributed by atoms with Crippen LogP contribution in [0.2, 0.25) is 0 Å². The first-order valence-electron chi connectivity index (χ1n) is 10.3. The Balaban J connectivity index is 1.41. The van der Waals surface area contributed by atoms with Crippen molar-refractivity contribution in [3.63, 3.8) is 0 Å². The molecule has 0 aliphatic carbocycles. The van der Waals surface area contributed by atoms with Crippen molar-refractivity contribution < 1.29 is 18.7 Å². The Morgan fingerprint density at radius 1 is 1.10 bits per heavy atom. The molecule has 30 heavy (non-hydrogen) atoms. The molecule has 2 heterocycles. The Bertz CT molecular complexity index is 935. The van der Waals surface area contributed by atoms with Crippen LogP contribution in [0.15, 0.2) is 42.5 Å². The molecule has 1 atom stereocenters. The summed E-state index contributed by atoms with van der Waals surface area (Å²) in [5.74, 6) is -0.541. The number of halogens is 1. The van der Waals surface area contributed by atoms with Crippen LogP contribution >= 0.6 is 0 Å². The molecular formula is C23H26FN3O3. The van der Waals surface area contributed by atoms with Crippen LogP contribution in [0.4, 0.5) is 15.8 Å². The third-order valence-electron chi connectivity index (χ3n) is 5.80. The van der Waals surface area contributed by atoms with E-state index in [2.05, 4.69) is 5.32 Å². The molecule has 1 N–H and O–H groups in total. The summed E-state index contributed by atoms with van der Waals surface area (Å²) >= 11 is 0. The quantitative estimate of drug-likeness (QED) is 0.840. The molecule has 0 spiro atoms. The van der Waals surface area contributed by atoms with Crippen molar-refractivity contribution in [3.8, 4) is 0 Å². The summed E-state index contributed by atoms with van der Waals surface area (Å²) in [5.41, 5.74) is 2.67. The molecule has 2 aliphatic heterocycles. The van der Waals surface area contributed by atoms with Crippen LogP contribution in [0.1, 0.15) is 22.3 Å². The van der Waals surface area contributed by atoms with E-state index >= 15 is 0 Å². The van der Waals surface area contributed by atoms with Crippen molar-refractivity contribution in [3.05, 3.63) is 59.4 Å². The van der Waals surface area contributed by atoms with Crippen LogP contribution in [0.25, 0.3) is 0 Å². The fourth-order valence-corrected chi connectivity index (χ4v) is 3.91. The van der Waals surface area contributed by atoms with Gasteiger partial charge in [-0.1, -0.05) is 18.2 Å². The summed E-state index contributed by atoms with van der Waals surface area (Å²) in [4.78, 5) is 29.2. The van der Waals surface area contributed by atoms with Crippen molar-refractivity contribution in [1.29, 1.82) is 0 Å². The number of amides is 2. The van der Waals surface area contributed by atoms with Gasteiger partial charge in [0.1, 0.15) is 5.82 Å². The van der Waals surface area contributed by atoms with Crippen LogP contribution < -0.4 is 10.2 Å². The topological polar surface area (TPSA) is 61.9 Å². The second-order valence-electron chi connectivity index (χ2n) is 7.81. The number of rotatable bonds is 4. The van der Waals surface area contributed by atoms with E-state index in [4.69, 9.17) is 4.74 Å². The van der Waals surface area contributed by atoms with E-state index in [-0.39, 0.29) is 23.5 Å². The second-order valence-corrected chi connectivity index (χ2v) is 7.81. The molecule has 158 valence electrons. The molecule has 0 radical (unpaired) electrons. The lowest BCUT2D eigenvalue weighted by molar-refractivity contribution is -0.119. The highest BCUT2D eigenvalue weighted by Gasteiger charge is 2.26. The zero-order chi connectivity index (χ0) is 21.1. The molecule has 4 rings (SSSR count). The number of hydrogen-bond acceptors (Lipinski definition) is 4. The number of para-hydroxylation sites is 1.